The predicted molar refractivity (Wildman–Crippen MR) is 161 cm³/mol. The summed E-state index contributed by atoms with van der Waals surface area (Å²) in [6, 6.07) is 19.3. The number of nitrogens with zero attached hydrogens (tertiary/aromatic N) is 3. The number of anilines is 2. The van der Waals surface area contributed by atoms with Gasteiger partial charge in [0.1, 0.15) is 11.4 Å². The molecule has 6 rings (SSSR count). The van der Waals surface area contributed by atoms with Crippen LogP contribution in [0.5, 0.6) is 0 Å². The van der Waals surface area contributed by atoms with Crippen LogP contribution >= 0.6 is 0 Å². The van der Waals surface area contributed by atoms with E-state index in [2.05, 4.69) is 37.9 Å². The van der Waals surface area contributed by atoms with Crippen molar-refractivity contribution < 1.29 is 9.59 Å². The summed E-state index contributed by atoms with van der Waals surface area (Å²) in [5.41, 5.74) is 10.4. The molecule has 0 unspecified atom stereocenters. The molecule has 0 radical (unpaired) electrons. The van der Waals surface area contributed by atoms with Crippen molar-refractivity contribution in [2.45, 2.75) is 39.8 Å². The Morgan fingerprint density at radius 1 is 0.756 bits per heavy atom. The molecule has 0 saturated heterocycles. The van der Waals surface area contributed by atoms with Crippen LogP contribution in [-0.2, 0) is 25.9 Å². The van der Waals surface area contributed by atoms with E-state index in [-0.39, 0.29) is 11.8 Å². The van der Waals surface area contributed by atoms with E-state index in [0.29, 0.717) is 11.4 Å². The van der Waals surface area contributed by atoms with Gasteiger partial charge in [-0.3, -0.25) is 9.59 Å². The number of fused-ring (bicyclic) bond motifs is 2. The third-order valence-electron chi connectivity index (χ3n) is 8.08. The Morgan fingerprint density at radius 3 is 1.93 bits per heavy atom. The van der Waals surface area contributed by atoms with Crippen LogP contribution in [0.15, 0.2) is 60.7 Å². The van der Waals surface area contributed by atoms with E-state index in [1.54, 1.807) is 12.1 Å². The quantitative estimate of drug-likeness (QED) is 0.329. The van der Waals surface area contributed by atoms with Crippen molar-refractivity contribution in [3.8, 4) is 11.1 Å². The summed E-state index contributed by atoms with van der Waals surface area (Å²) in [6.07, 6.45) is 1.66. The monoisotopic (exact) mass is 546 g/mol. The first kappa shape index (κ1) is 26.8. The predicted octanol–water partition coefficient (Wildman–Crippen LogP) is 4.90. The summed E-state index contributed by atoms with van der Waals surface area (Å²) in [7, 11) is 2.09. The van der Waals surface area contributed by atoms with Gasteiger partial charge in [-0.05, 0) is 78.5 Å². The minimum atomic E-state index is -0.228. The highest BCUT2D eigenvalue weighted by atomic mass is 16.2. The van der Waals surface area contributed by atoms with E-state index in [1.807, 2.05) is 62.4 Å². The zero-order valence-corrected chi connectivity index (χ0v) is 23.7. The number of benzene rings is 2. The SMILES string of the molecule is Cc1c(NC(=O)c2ccc3c(n2)CCNC3)cccc1-c1cccc(NC(=O)c2ccc3c(n2)CCN(C)C3)c1C. The molecule has 4 heterocycles. The molecule has 41 heavy (non-hydrogen) atoms. The van der Waals surface area contributed by atoms with Crippen LogP contribution in [0.1, 0.15) is 54.6 Å². The second-order valence-electron chi connectivity index (χ2n) is 10.9. The number of amides is 2. The standard InChI is InChI=1S/C33H34N6O2/c1-20-24(6-4-8-26(20)37-32(40)30-12-10-22-18-34-16-14-28(22)35-30)25-7-5-9-27(21(25)2)38-33(41)31-13-11-23-19-39(3)17-15-29(23)36-31/h4-13,34H,14-19H2,1-3H3,(H,37,40)(H,38,41). The average molecular weight is 547 g/mol. The number of rotatable bonds is 5. The Bertz CT molecular complexity index is 1660. The summed E-state index contributed by atoms with van der Waals surface area (Å²) in [5, 5.41) is 9.46. The molecule has 3 N–H and O–H groups in total. The van der Waals surface area contributed by atoms with Crippen molar-refractivity contribution in [1.29, 1.82) is 0 Å². The van der Waals surface area contributed by atoms with Gasteiger partial charge in [-0.2, -0.15) is 0 Å². The second kappa shape index (κ2) is 11.2. The highest BCUT2D eigenvalue weighted by Crippen LogP contribution is 2.34. The zero-order valence-electron chi connectivity index (χ0n) is 23.7. The van der Waals surface area contributed by atoms with E-state index in [1.165, 1.54) is 5.56 Å². The van der Waals surface area contributed by atoms with E-state index in [4.69, 9.17) is 0 Å². The molecule has 4 aromatic rings. The molecule has 0 aliphatic carbocycles. The van der Waals surface area contributed by atoms with Crippen molar-refractivity contribution >= 4 is 23.2 Å². The van der Waals surface area contributed by atoms with Crippen LogP contribution in [0.2, 0.25) is 0 Å². The first-order valence-corrected chi connectivity index (χ1v) is 14.1. The number of carbonyl (C=O) groups is 2. The summed E-state index contributed by atoms with van der Waals surface area (Å²) in [6.45, 7) is 7.44. The number of hydrogen-bond donors (Lipinski definition) is 3. The maximum atomic E-state index is 13.2. The lowest BCUT2D eigenvalue weighted by Crippen LogP contribution is -2.28. The van der Waals surface area contributed by atoms with Gasteiger partial charge in [0.15, 0.2) is 0 Å². The maximum absolute atomic E-state index is 13.2. The van der Waals surface area contributed by atoms with E-state index >= 15 is 0 Å². The molecule has 0 fully saturated rings. The first-order chi connectivity index (χ1) is 19.9. The summed E-state index contributed by atoms with van der Waals surface area (Å²) >= 11 is 0. The fraction of sp³-hybridized carbons (Fsp3) is 0.273. The Kier molecular flexibility index (Phi) is 7.34. The molecule has 208 valence electrons. The van der Waals surface area contributed by atoms with Gasteiger partial charge >= 0.3 is 0 Å². The van der Waals surface area contributed by atoms with Crippen LogP contribution in [0.25, 0.3) is 11.1 Å². The van der Waals surface area contributed by atoms with Crippen molar-refractivity contribution in [3.05, 3.63) is 106 Å². The van der Waals surface area contributed by atoms with Crippen LogP contribution < -0.4 is 16.0 Å². The smallest absolute Gasteiger partial charge is 0.274 e. The van der Waals surface area contributed by atoms with Crippen LogP contribution in [0.3, 0.4) is 0 Å². The van der Waals surface area contributed by atoms with E-state index in [9.17, 15) is 9.59 Å². The molecular weight excluding hydrogens is 512 g/mol. The van der Waals surface area contributed by atoms with E-state index in [0.717, 1.165) is 89.6 Å². The third-order valence-corrected chi connectivity index (χ3v) is 8.08. The molecule has 0 atom stereocenters. The number of pyridine rings is 2. The fourth-order valence-electron chi connectivity index (χ4n) is 5.65. The Labute approximate surface area is 240 Å². The van der Waals surface area contributed by atoms with Crippen LogP contribution in [-0.4, -0.2) is 46.8 Å². The minimum absolute atomic E-state index is 0.224. The van der Waals surface area contributed by atoms with Gasteiger partial charge in [0, 0.05) is 61.8 Å². The van der Waals surface area contributed by atoms with Gasteiger partial charge < -0.3 is 20.9 Å². The molecule has 2 aliphatic heterocycles. The normalized spacial score (nSPS) is 14.6. The lowest BCUT2D eigenvalue weighted by atomic mass is 9.94. The fourth-order valence-corrected chi connectivity index (χ4v) is 5.65. The lowest BCUT2D eigenvalue weighted by Gasteiger charge is -2.24. The van der Waals surface area contributed by atoms with Gasteiger partial charge in [-0.15, -0.1) is 0 Å². The second-order valence-corrected chi connectivity index (χ2v) is 10.9. The highest BCUT2D eigenvalue weighted by Gasteiger charge is 2.19. The Balaban J connectivity index is 1.22. The van der Waals surface area contributed by atoms with Crippen molar-refractivity contribution in [2.24, 2.45) is 0 Å². The van der Waals surface area contributed by atoms with Gasteiger partial charge in [-0.25, -0.2) is 9.97 Å². The molecule has 2 aromatic carbocycles. The zero-order chi connectivity index (χ0) is 28.5. The summed E-state index contributed by atoms with van der Waals surface area (Å²) < 4.78 is 0. The largest absolute Gasteiger partial charge is 0.320 e. The molecule has 2 amide bonds. The number of nitrogens with one attached hydrogen (secondary N) is 3. The van der Waals surface area contributed by atoms with Gasteiger partial charge in [-0.1, -0.05) is 36.4 Å². The molecule has 0 spiro atoms. The first-order valence-electron chi connectivity index (χ1n) is 14.1. The highest BCUT2D eigenvalue weighted by molar-refractivity contribution is 6.05. The molecule has 0 bridgehead atoms. The van der Waals surface area contributed by atoms with Gasteiger partial charge in [0.25, 0.3) is 11.8 Å². The number of carbonyl (C=O) groups excluding carboxylic acids is 2. The molecule has 0 saturated carbocycles. The third kappa shape index (κ3) is 5.49. The lowest BCUT2D eigenvalue weighted by molar-refractivity contribution is 0.101. The number of hydrogen-bond acceptors (Lipinski definition) is 6. The molecule has 8 nitrogen and oxygen atoms in total. The Hall–Kier alpha value is -4.40. The topological polar surface area (TPSA) is 99.2 Å². The van der Waals surface area contributed by atoms with Crippen molar-refractivity contribution in [1.82, 2.24) is 20.2 Å². The maximum Gasteiger partial charge on any atom is 0.274 e. The summed E-state index contributed by atoms with van der Waals surface area (Å²) in [5.74, 6) is -0.452. The van der Waals surface area contributed by atoms with Crippen LogP contribution in [0.4, 0.5) is 11.4 Å². The minimum Gasteiger partial charge on any atom is -0.320 e. The Morgan fingerprint density at radius 2 is 1.32 bits per heavy atom. The van der Waals surface area contributed by atoms with Crippen LogP contribution in [0, 0.1) is 13.8 Å². The number of likely N-dealkylation sites (N-methyl/N-ethyl adjacent to an activating group) is 1. The molecular formula is C33H34N6O2. The van der Waals surface area contributed by atoms with Crippen molar-refractivity contribution in [2.75, 3.05) is 30.8 Å². The van der Waals surface area contributed by atoms with Crippen molar-refractivity contribution in [3.63, 3.8) is 0 Å². The summed E-state index contributed by atoms with van der Waals surface area (Å²) in [4.78, 5) is 37.9. The molecule has 2 aromatic heterocycles. The van der Waals surface area contributed by atoms with Gasteiger partial charge in [0.05, 0.1) is 0 Å². The van der Waals surface area contributed by atoms with Gasteiger partial charge in [0.2, 0.25) is 0 Å². The number of aromatic nitrogens is 2. The average Bonchev–Trinajstić information content (AvgIpc) is 2.99. The molecule has 2 aliphatic rings. The molecule has 8 heteroatoms. The van der Waals surface area contributed by atoms with E-state index < -0.39 is 0 Å².